The van der Waals surface area contributed by atoms with Crippen LogP contribution in [0.15, 0.2) is 24.0 Å². The molecule has 6 heteroatoms. The van der Waals surface area contributed by atoms with E-state index < -0.39 is 0 Å². The second kappa shape index (κ2) is 8.32. The number of aryl methyl sites for hydroxylation is 1. The summed E-state index contributed by atoms with van der Waals surface area (Å²) in [6, 6.07) is 0. The number of carbonyl (C=O) groups is 2. The monoisotopic (exact) mass is 344 g/mol. The van der Waals surface area contributed by atoms with Gasteiger partial charge >= 0.3 is 0 Å². The largest absolute Gasteiger partial charge is 0.352 e. The third-order valence-corrected chi connectivity index (χ3v) is 5.27. The van der Waals surface area contributed by atoms with Gasteiger partial charge in [0.15, 0.2) is 0 Å². The lowest BCUT2D eigenvalue weighted by Crippen LogP contribution is -2.41. The number of rotatable bonds is 4. The van der Waals surface area contributed by atoms with E-state index in [1.54, 1.807) is 24.1 Å². The van der Waals surface area contributed by atoms with Crippen LogP contribution in [0.4, 0.5) is 0 Å². The van der Waals surface area contributed by atoms with Crippen molar-refractivity contribution < 1.29 is 9.59 Å². The van der Waals surface area contributed by atoms with Crippen LogP contribution in [0.5, 0.6) is 0 Å². The molecule has 0 bridgehead atoms. The summed E-state index contributed by atoms with van der Waals surface area (Å²) in [4.78, 5) is 26.4. The molecule has 1 N–H and O–H groups in total. The fraction of sp³-hybridized carbons (Fsp3) is 0.632. The maximum atomic E-state index is 12.4. The van der Waals surface area contributed by atoms with Crippen molar-refractivity contribution in [2.45, 2.75) is 44.9 Å². The Hall–Kier alpha value is -2.11. The lowest BCUT2D eigenvalue weighted by molar-refractivity contribution is -0.127. The molecule has 0 atom stereocenters. The van der Waals surface area contributed by atoms with Crippen molar-refractivity contribution in [1.82, 2.24) is 20.0 Å². The summed E-state index contributed by atoms with van der Waals surface area (Å²) in [5, 5.41) is 7.00. The molecule has 2 heterocycles. The molecule has 2 fully saturated rings. The van der Waals surface area contributed by atoms with E-state index in [-0.39, 0.29) is 11.8 Å². The minimum Gasteiger partial charge on any atom is -0.352 e. The Labute approximate surface area is 149 Å². The molecule has 0 radical (unpaired) electrons. The highest BCUT2D eigenvalue weighted by Gasteiger charge is 2.23. The van der Waals surface area contributed by atoms with E-state index in [1.807, 2.05) is 11.0 Å². The van der Waals surface area contributed by atoms with E-state index in [9.17, 15) is 9.59 Å². The zero-order chi connectivity index (χ0) is 17.6. The van der Waals surface area contributed by atoms with Crippen LogP contribution in [-0.4, -0.2) is 46.1 Å². The second-order valence-electron chi connectivity index (χ2n) is 7.24. The average molecular weight is 344 g/mol. The Bertz CT molecular complexity index is 634. The second-order valence-corrected chi connectivity index (χ2v) is 7.24. The van der Waals surface area contributed by atoms with E-state index in [0.717, 1.165) is 38.8 Å². The zero-order valence-electron chi connectivity index (χ0n) is 15.0. The Morgan fingerprint density at radius 3 is 2.60 bits per heavy atom. The van der Waals surface area contributed by atoms with Crippen molar-refractivity contribution in [1.29, 1.82) is 0 Å². The lowest BCUT2D eigenvalue weighted by Gasteiger charge is -2.31. The fourth-order valence-electron chi connectivity index (χ4n) is 3.65. The Kier molecular flexibility index (Phi) is 5.89. The van der Waals surface area contributed by atoms with E-state index in [0.29, 0.717) is 18.0 Å². The molecular formula is C19H28N4O2. The molecule has 1 saturated heterocycles. The molecule has 6 nitrogen and oxygen atoms in total. The minimum atomic E-state index is -0.0753. The molecule has 2 amide bonds. The molecule has 1 aromatic heterocycles. The summed E-state index contributed by atoms with van der Waals surface area (Å²) in [5.41, 5.74) is 1.91. The molecule has 1 aliphatic carbocycles. The van der Waals surface area contributed by atoms with Crippen LogP contribution in [0.2, 0.25) is 0 Å². The smallest absolute Gasteiger partial charge is 0.254 e. The van der Waals surface area contributed by atoms with Gasteiger partial charge in [0.1, 0.15) is 0 Å². The Balaban J connectivity index is 1.41. The first-order chi connectivity index (χ1) is 12.1. The maximum absolute atomic E-state index is 12.4. The predicted octanol–water partition coefficient (Wildman–Crippen LogP) is 2.28. The van der Waals surface area contributed by atoms with Crippen LogP contribution < -0.4 is 5.32 Å². The first kappa shape index (κ1) is 17.7. The van der Waals surface area contributed by atoms with Gasteiger partial charge in [-0.25, -0.2) is 0 Å². The summed E-state index contributed by atoms with van der Waals surface area (Å²) in [5.74, 6) is 0.537. The molecule has 136 valence electrons. The summed E-state index contributed by atoms with van der Waals surface area (Å²) in [6.07, 6.45) is 13.0. The van der Waals surface area contributed by atoms with E-state index in [2.05, 4.69) is 10.4 Å². The molecule has 2 aliphatic rings. The van der Waals surface area contributed by atoms with Gasteiger partial charge in [-0.2, -0.15) is 5.10 Å². The van der Waals surface area contributed by atoms with Crippen molar-refractivity contribution >= 4 is 11.8 Å². The van der Waals surface area contributed by atoms with Gasteiger partial charge in [0.05, 0.1) is 11.8 Å². The normalized spacial score (nSPS) is 18.9. The zero-order valence-corrected chi connectivity index (χ0v) is 15.0. The number of nitrogens with one attached hydrogen (secondary N) is 1. The summed E-state index contributed by atoms with van der Waals surface area (Å²) in [7, 11) is 1.80. The van der Waals surface area contributed by atoms with Crippen LogP contribution in [-0.2, 0) is 11.8 Å². The molecule has 1 aromatic rings. The molecule has 0 unspecified atom stereocenters. The van der Waals surface area contributed by atoms with E-state index >= 15 is 0 Å². The quantitative estimate of drug-likeness (QED) is 0.852. The minimum absolute atomic E-state index is 0.0753. The van der Waals surface area contributed by atoms with Gasteiger partial charge in [0, 0.05) is 39.0 Å². The number of hydrogen-bond donors (Lipinski definition) is 1. The Morgan fingerprint density at radius 2 is 1.96 bits per heavy atom. The molecular weight excluding hydrogens is 316 g/mol. The van der Waals surface area contributed by atoms with Crippen molar-refractivity contribution in [3.63, 3.8) is 0 Å². The van der Waals surface area contributed by atoms with Gasteiger partial charge in [-0.1, -0.05) is 12.0 Å². The predicted molar refractivity (Wildman–Crippen MR) is 96.0 cm³/mol. The molecule has 1 aliphatic heterocycles. The summed E-state index contributed by atoms with van der Waals surface area (Å²) >= 11 is 0. The van der Waals surface area contributed by atoms with Crippen molar-refractivity contribution in [3.8, 4) is 0 Å². The summed E-state index contributed by atoms with van der Waals surface area (Å²) < 4.78 is 1.62. The van der Waals surface area contributed by atoms with Gasteiger partial charge in [-0.05, 0) is 44.4 Å². The van der Waals surface area contributed by atoms with Crippen molar-refractivity contribution in [3.05, 3.63) is 29.6 Å². The number of allylic oxidation sites excluding steroid dienone is 1. The van der Waals surface area contributed by atoms with Crippen molar-refractivity contribution in [2.75, 3.05) is 19.6 Å². The fourth-order valence-corrected chi connectivity index (χ4v) is 3.65. The number of nitrogens with zero attached hydrogens (tertiary/aromatic N) is 3. The number of amides is 2. The molecule has 3 rings (SSSR count). The first-order valence-electron chi connectivity index (χ1n) is 9.37. The van der Waals surface area contributed by atoms with Crippen LogP contribution in [0.25, 0.3) is 0 Å². The number of aromatic nitrogens is 2. The topological polar surface area (TPSA) is 67.2 Å². The van der Waals surface area contributed by atoms with Gasteiger partial charge in [-0.15, -0.1) is 0 Å². The van der Waals surface area contributed by atoms with E-state index in [4.69, 9.17) is 0 Å². The highest BCUT2D eigenvalue weighted by Crippen LogP contribution is 2.23. The molecule has 25 heavy (non-hydrogen) atoms. The van der Waals surface area contributed by atoms with Gasteiger partial charge < -0.3 is 10.2 Å². The van der Waals surface area contributed by atoms with Crippen LogP contribution in [0, 0.1) is 5.92 Å². The number of carbonyl (C=O) groups excluding carboxylic acids is 2. The van der Waals surface area contributed by atoms with Crippen molar-refractivity contribution in [2.24, 2.45) is 13.0 Å². The highest BCUT2D eigenvalue weighted by atomic mass is 16.2. The third-order valence-electron chi connectivity index (χ3n) is 5.27. The van der Waals surface area contributed by atoms with Crippen LogP contribution >= 0.6 is 0 Å². The van der Waals surface area contributed by atoms with Gasteiger partial charge in [0.25, 0.3) is 5.91 Å². The Morgan fingerprint density at radius 1 is 1.24 bits per heavy atom. The van der Waals surface area contributed by atoms with Crippen LogP contribution in [0.3, 0.4) is 0 Å². The van der Waals surface area contributed by atoms with Gasteiger partial charge in [0.2, 0.25) is 5.91 Å². The lowest BCUT2D eigenvalue weighted by atomic mass is 9.93. The highest BCUT2D eigenvalue weighted by molar-refractivity contribution is 5.93. The third kappa shape index (κ3) is 4.94. The maximum Gasteiger partial charge on any atom is 0.254 e. The number of hydrogen-bond acceptors (Lipinski definition) is 3. The summed E-state index contributed by atoms with van der Waals surface area (Å²) in [6.45, 7) is 2.24. The van der Waals surface area contributed by atoms with Crippen LogP contribution in [0.1, 0.15) is 55.3 Å². The molecule has 0 aromatic carbocycles. The number of piperidine rings is 1. The average Bonchev–Trinajstić information content (AvgIpc) is 3.07. The standard InChI is InChI=1S/C19H28N4O2/c1-22-14-17(13-21-22)19(25)20-12-16-7-9-23(10-8-16)18(24)11-15-5-3-2-4-6-15/h11,13-14,16H,2-10,12H2,1H3,(H,20,25). The SMILES string of the molecule is Cn1cc(C(=O)NCC2CCN(C(=O)C=C3CCCCC3)CC2)cn1. The molecule has 0 spiro atoms. The molecule has 1 saturated carbocycles. The number of likely N-dealkylation sites (tertiary alicyclic amines) is 1. The first-order valence-corrected chi connectivity index (χ1v) is 9.37. The van der Waals surface area contributed by atoms with Gasteiger partial charge in [-0.3, -0.25) is 14.3 Å². The van der Waals surface area contributed by atoms with E-state index in [1.165, 1.54) is 24.8 Å².